The minimum Gasteiger partial charge on any atom is -0.379 e. The Morgan fingerprint density at radius 1 is 0.889 bits per heavy atom. The van der Waals surface area contributed by atoms with Crippen LogP contribution in [0.1, 0.15) is 42.5 Å². The Labute approximate surface area is 162 Å². The molecule has 0 unspecified atom stereocenters. The van der Waals surface area contributed by atoms with Crippen LogP contribution in [0.15, 0.2) is 48.5 Å². The molecule has 2 aromatic rings. The van der Waals surface area contributed by atoms with Crippen molar-refractivity contribution in [2.24, 2.45) is 0 Å². The summed E-state index contributed by atoms with van der Waals surface area (Å²) in [7, 11) is 0. The summed E-state index contributed by atoms with van der Waals surface area (Å²) in [5.74, 6) is 0.0768. The van der Waals surface area contributed by atoms with Gasteiger partial charge in [-0.3, -0.25) is 4.79 Å². The van der Waals surface area contributed by atoms with Gasteiger partial charge in [0, 0.05) is 19.6 Å². The van der Waals surface area contributed by atoms with Crippen LogP contribution in [0.3, 0.4) is 0 Å². The fraction of sp³-hybridized carbons (Fsp3) is 0.435. The van der Waals surface area contributed by atoms with E-state index in [1.807, 2.05) is 25.1 Å². The molecule has 0 bridgehead atoms. The number of amides is 1. The number of hydrogen-bond donors (Lipinski definition) is 1. The Kier molecular flexibility index (Phi) is 9.60. The van der Waals surface area contributed by atoms with Gasteiger partial charge >= 0.3 is 0 Å². The maximum Gasteiger partial charge on any atom is 0.220 e. The molecule has 0 aliphatic heterocycles. The second-order valence-electron chi connectivity index (χ2n) is 6.52. The zero-order valence-corrected chi connectivity index (χ0v) is 16.5. The van der Waals surface area contributed by atoms with Gasteiger partial charge in [-0.1, -0.05) is 55.5 Å². The molecular weight excluding hydrogens is 338 g/mol. The lowest BCUT2D eigenvalue weighted by Gasteiger charge is -2.09. The fourth-order valence-corrected chi connectivity index (χ4v) is 2.77. The van der Waals surface area contributed by atoms with E-state index < -0.39 is 0 Å². The van der Waals surface area contributed by atoms with Gasteiger partial charge in [0.05, 0.1) is 19.8 Å². The molecule has 1 N–H and O–H groups in total. The van der Waals surface area contributed by atoms with Gasteiger partial charge in [0.15, 0.2) is 0 Å². The lowest BCUT2D eigenvalue weighted by molar-refractivity contribution is -0.121. The number of aryl methyl sites for hydroxylation is 2. The quantitative estimate of drug-likeness (QED) is 0.574. The third-order valence-corrected chi connectivity index (χ3v) is 4.40. The summed E-state index contributed by atoms with van der Waals surface area (Å²) >= 11 is 0. The summed E-state index contributed by atoms with van der Waals surface area (Å²) in [5.41, 5.74) is 4.72. The lowest BCUT2D eigenvalue weighted by atomic mass is 10.1. The Morgan fingerprint density at radius 3 is 2.33 bits per heavy atom. The molecule has 0 aromatic heterocycles. The van der Waals surface area contributed by atoms with Gasteiger partial charge in [0.1, 0.15) is 0 Å². The summed E-state index contributed by atoms with van der Waals surface area (Å²) in [6, 6.07) is 16.6. The van der Waals surface area contributed by atoms with E-state index in [4.69, 9.17) is 9.47 Å². The third kappa shape index (κ3) is 8.37. The van der Waals surface area contributed by atoms with Crippen LogP contribution in [-0.4, -0.2) is 25.7 Å². The molecule has 0 spiro atoms. The van der Waals surface area contributed by atoms with Crippen molar-refractivity contribution in [1.82, 2.24) is 5.32 Å². The van der Waals surface area contributed by atoms with Gasteiger partial charge < -0.3 is 14.8 Å². The summed E-state index contributed by atoms with van der Waals surface area (Å²) in [4.78, 5) is 12.1. The molecule has 0 fully saturated rings. The topological polar surface area (TPSA) is 47.6 Å². The van der Waals surface area contributed by atoms with Crippen LogP contribution < -0.4 is 5.32 Å². The van der Waals surface area contributed by atoms with Gasteiger partial charge in [-0.25, -0.2) is 0 Å². The highest BCUT2D eigenvalue weighted by molar-refractivity contribution is 5.76. The molecule has 2 aromatic carbocycles. The van der Waals surface area contributed by atoms with Crippen molar-refractivity contribution >= 4 is 5.91 Å². The first kappa shape index (κ1) is 21.1. The molecule has 1 amide bonds. The van der Waals surface area contributed by atoms with Crippen LogP contribution in [-0.2, 0) is 40.3 Å². The highest BCUT2D eigenvalue weighted by atomic mass is 16.5. The monoisotopic (exact) mass is 369 g/mol. The predicted octanol–water partition coefficient (Wildman–Crippen LogP) is 4.05. The number of benzene rings is 2. The van der Waals surface area contributed by atoms with Crippen molar-refractivity contribution in [3.05, 3.63) is 70.8 Å². The smallest absolute Gasteiger partial charge is 0.220 e. The predicted molar refractivity (Wildman–Crippen MR) is 109 cm³/mol. The highest BCUT2D eigenvalue weighted by Crippen LogP contribution is 2.09. The number of ether oxygens (including phenoxy) is 2. The standard InChI is InChI=1S/C23H31NO3/c1-3-19-8-10-20(11-9-19)12-13-23(25)24-17-21-6-5-7-22(16-21)18-27-15-14-26-4-2/h5-11,16H,3-4,12-15,17-18H2,1-2H3,(H,24,25). The van der Waals surface area contributed by atoms with Crippen LogP contribution in [0, 0.1) is 0 Å². The molecule has 2 rings (SSSR count). The summed E-state index contributed by atoms with van der Waals surface area (Å²) in [6.45, 7) is 7.14. The van der Waals surface area contributed by atoms with E-state index in [0.29, 0.717) is 39.4 Å². The van der Waals surface area contributed by atoms with Crippen molar-refractivity contribution in [2.45, 2.75) is 46.3 Å². The van der Waals surface area contributed by atoms with E-state index in [2.05, 4.69) is 42.6 Å². The number of carbonyl (C=O) groups excluding carboxylic acids is 1. The molecule has 0 atom stereocenters. The molecule has 0 heterocycles. The molecule has 0 aliphatic rings. The molecule has 0 saturated carbocycles. The molecular formula is C23H31NO3. The van der Waals surface area contributed by atoms with Crippen LogP contribution in [0.2, 0.25) is 0 Å². The maximum absolute atomic E-state index is 12.1. The molecule has 4 nitrogen and oxygen atoms in total. The van der Waals surface area contributed by atoms with Gasteiger partial charge in [-0.2, -0.15) is 0 Å². The molecule has 4 heteroatoms. The van der Waals surface area contributed by atoms with Crippen LogP contribution in [0.5, 0.6) is 0 Å². The average Bonchev–Trinajstić information content (AvgIpc) is 2.71. The fourth-order valence-electron chi connectivity index (χ4n) is 2.77. The average molecular weight is 370 g/mol. The highest BCUT2D eigenvalue weighted by Gasteiger charge is 2.04. The number of nitrogens with one attached hydrogen (secondary N) is 1. The van der Waals surface area contributed by atoms with E-state index in [1.165, 1.54) is 11.1 Å². The van der Waals surface area contributed by atoms with E-state index in [0.717, 1.165) is 24.0 Å². The summed E-state index contributed by atoms with van der Waals surface area (Å²) in [6.07, 6.45) is 2.31. The van der Waals surface area contributed by atoms with E-state index in [9.17, 15) is 4.79 Å². The SMILES string of the molecule is CCOCCOCc1cccc(CNC(=O)CCc2ccc(CC)cc2)c1. The second-order valence-corrected chi connectivity index (χ2v) is 6.52. The van der Waals surface area contributed by atoms with E-state index >= 15 is 0 Å². The first-order valence-electron chi connectivity index (χ1n) is 9.79. The number of hydrogen-bond acceptors (Lipinski definition) is 3. The van der Waals surface area contributed by atoms with Gasteiger partial charge in [-0.05, 0) is 42.0 Å². The van der Waals surface area contributed by atoms with Gasteiger partial charge in [0.2, 0.25) is 5.91 Å². The molecule has 27 heavy (non-hydrogen) atoms. The zero-order valence-electron chi connectivity index (χ0n) is 16.5. The van der Waals surface area contributed by atoms with Crippen molar-refractivity contribution in [2.75, 3.05) is 19.8 Å². The maximum atomic E-state index is 12.1. The summed E-state index contributed by atoms with van der Waals surface area (Å²) < 4.78 is 10.8. The zero-order chi connectivity index (χ0) is 19.3. The minimum atomic E-state index is 0.0768. The molecule has 0 aliphatic carbocycles. The van der Waals surface area contributed by atoms with E-state index in [1.54, 1.807) is 0 Å². The Bertz CT molecular complexity index is 682. The summed E-state index contributed by atoms with van der Waals surface area (Å²) in [5, 5.41) is 3.00. The normalized spacial score (nSPS) is 10.7. The first-order valence-corrected chi connectivity index (χ1v) is 9.79. The molecule has 0 saturated heterocycles. The first-order chi connectivity index (χ1) is 13.2. The van der Waals surface area contributed by atoms with Crippen molar-refractivity contribution in [3.63, 3.8) is 0 Å². The molecule has 146 valence electrons. The van der Waals surface area contributed by atoms with E-state index in [-0.39, 0.29) is 5.91 Å². The Balaban J connectivity index is 1.70. The Hall–Kier alpha value is -2.17. The van der Waals surface area contributed by atoms with Crippen LogP contribution in [0.25, 0.3) is 0 Å². The number of rotatable bonds is 12. The van der Waals surface area contributed by atoms with Crippen LogP contribution >= 0.6 is 0 Å². The molecule has 0 radical (unpaired) electrons. The minimum absolute atomic E-state index is 0.0768. The van der Waals surface area contributed by atoms with Crippen molar-refractivity contribution in [1.29, 1.82) is 0 Å². The number of carbonyl (C=O) groups is 1. The van der Waals surface area contributed by atoms with Crippen molar-refractivity contribution < 1.29 is 14.3 Å². The van der Waals surface area contributed by atoms with Crippen LogP contribution in [0.4, 0.5) is 0 Å². The lowest BCUT2D eigenvalue weighted by Crippen LogP contribution is -2.23. The second kappa shape index (κ2) is 12.3. The van der Waals surface area contributed by atoms with Crippen molar-refractivity contribution in [3.8, 4) is 0 Å². The van der Waals surface area contributed by atoms with Gasteiger partial charge in [0.25, 0.3) is 0 Å². The van der Waals surface area contributed by atoms with Gasteiger partial charge in [-0.15, -0.1) is 0 Å². The largest absolute Gasteiger partial charge is 0.379 e. The third-order valence-electron chi connectivity index (χ3n) is 4.40. The Morgan fingerprint density at radius 2 is 1.59 bits per heavy atom.